The second-order valence-corrected chi connectivity index (χ2v) is 4.61. The predicted molar refractivity (Wildman–Crippen MR) is 51.0 cm³/mol. The van der Waals surface area contributed by atoms with Crippen LogP contribution in [0.1, 0.15) is 44.9 Å². The molecule has 1 heterocycles. The van der Waals surface area contributed by atoms with Crippen molar-refractivity contribution in [1.82, 2.24) is 0 Å². The average Bonchev–Trinajstić information content (AvgIpc) is 2.21. The van der Waals surface area contributed by atoms with Gasteiger partial charge in [-0.05, 0) is 31.6 Å². The summed E-state index contributed by atoms with van der Waals surface area (Å²) in [5.74, 6) is 2.19. The van der Waals surface area contributed by atoms with Crippen LogP contribution in [0.25, 0.3) is 0 Å². The number of piperidine rings is 1. The maximum Gasteiger partial charge on any atom is 0.0786 e. The molecule has 2 aliphatic rings. The van der Waals surface area contributed by atoms with E-state index in [4.69, 9.17) is 0 Å². The molecule has 0 unspecified atom stereocenters. The van der Waals surface area contributed by atoms with Crippen LogP contribution < -0.4 is 5.32 Å². The molecule has 0 aromatic carbocycles. The maximum atomic E-state index is 2.53. The van der Waals surface area contributed by atoms with Gasteiger partial charge in [-0.1, -0.05) is 19.3 Å². The highest BCUT2D eigenvalue weighted by Crippen LogP contribution is 2.32. The Morgan fingerprint density at radius 1 is 0.750 bits per heavy atom. The van der Waals surface area contributed by atoms with Crippen LogP contribution in [0.2, 0.25) is 0 Å². The number of quaternary nitrogens is 1. The first-order chi connectivity index (χ1) is 5.97. The van der Waals surface area contributed by atoms with Crippen molar-refractivity contribution in [3.8, 4) is 0 Å². The van der Waals surface area contributed by atoms with E-state index >= 15 is 0 Å². The molecule has 2 rings (SSSR count). The molecular formula is C11H22N+. The zero-order valence-corrected chi connectivity index (χ0v) is 8.10. The Morgan fingerprint density at radius 2 is 1.50 bits per heavy atom. The topological polar surface area (TPSA) is 16.6 Å². The fourth-order valence-corrected chi connectivity index (χ4v) is 3.01. The van der Waals surface area contributed by atoms with Crippen LogP contribution in [-0.4, -0.2) is 13.1 Å². The van der Waals surface area contributed by atoms with Crippen molar-refractivity contribution in [1.29, 1.82) is 0 Å². The molecule has 1 aliphatic carbocycles. The maximum absolute atomic E-state index is 2.53. The molecular weight excluding hydrogens is 146 g/mol. The molecule has 2 N–H and O–H groups in total. The minimum atomic E-state index is 1.08. The SMILES string of the molecule is C1CCC([C@@H]2CCC[NH2+]C2)CC1. The Hall–Kier alpha value is -0.0400. The molecule has 1 saturated carbocycles. The molecule has 0 aromatic rings. The molecule has 2 fully saturated rings. The smallest absolute Gasteiger partial charge is 0.0786 e. The van der Waals surface area contributed by atoms with Gasteiger partial charge in [-0.25, -0.2) is 0 Å². The third-order valence-corrected chi connectivity index (χ3v) is 3.77. The molecule has 0 bridgehead atoms. The molecule has 1 aliphatic heterocycles. The summed E-state index contributed by atoms with van der Waals surface area (Å²) in [6, 6.07) is 0. The monoisotopic (exact) mass is 168 g/mol. The van der Waals surface area contributed by atoms with E-state index in [-0.39, 0.29) is 0 Å². The molecule has 0 amide bonds. The van der Waals surface area contributed by atoms with Crippen molar-refractivity contribution in [2.75, 3.05) is 13.1 Å². The Morgan fingerprint density at radius 3 is 2.17 bits per heavy atom. The van der Waals surface area contributed by atoms with Gasteiger partial charge >= 0.3 is 0 Å². The van der Waals surface area contributed by atoms with Gasteiger partial charge in [-0.2, -0.15) is 0 Å². The second-order valence-electron chi connectivity index (χ2n) is 4.61. The van der Waals surface area contributed by atoms with Crippen molar-refractivity contribution in [3.05, 3.63) is 0 Å². The van der Waals surface area contributed by atoms with Crippen LogP contribution in [0.3, 0.4) is 0 Å². The molecule has 1 atom stereocenters. The fourth-order valence-electron chi connectivity index (χ4n) is 3.01. The molecule has 1 nitrogen and oxygen atoms in total. The third-order valence-electron chi connectivity index (χ3n) is 3.77. The lowest BCUT2D eigenvalue weighted by molar-refractivity contribution is -0.670. The fraction of sp³-hybridized carbons (Fsp3) is 1.00. The van der Waals surface area contributed by atoms with Gasteiger partial charge in [0.15, 0.2) is 0 Å². The van der Waals surface area contributed by atoms with E-state index in [0.29, 0.717) is 0 Å². The largest absolute Gasteiger partial charge is 0.346 e. The van der Waals surface area contributed by atoms with Crippen LogP contribution in [0.4, 0.5) is 0 Å². The lowest BCUT2D eigenvalue weighted by Crippen LogP contribution is -2.87. The number of rotatable bonds is 1. The van der Waals surface area contributed by atoms with Crippen LogP contribution in [0.15, 0.2) is 0 Å². The van der Waals surface area contributed by atoms with Crippen molar-refractivity contribution in [2.24, 2.45) is 11.8 Å². The lowest BCUT2D eigenvalue weighted by atomic mass is 9.77. The zero-order chi connectivity index (χ0) is 8.23. The molecule has 70 valence electrons. The van der Waals surface area contributed by atoms with Gasteiger partial charge in [0.05, 0.1) is 13.1 Å². The summed E-state index contributed by atoms with van der Waals surface area (Å²) < 4.78 is 0. The van der Waals surface area contributed by atoms with Gasteiger partial charge in [0.2, 0.25) is 0 Å². The van der Waals surface area contributed by atoms with Crippen molar-refractivity contribution < 1.29 is 5.32 Å². The normalized spacial score (nSPS) is 33.5. The number of nitrogens with two attached hydrogens (primary N) is 1. The van der Waals surface area contributed by atoms with Crippen molar-refractivity contribution >= 4 is 0 Å². The second kappa shape index (κ2) is 4.27. The van der Waals surface area contributed by atoms with Gasteiger partial charge < -0.3 is 5.32 Å². The van der Waals surface area contributed by atoms with E-state index in [1.807, 2.05) is 0 Å². The highest BCUT2D eigenvalue weighted by atomic mass is 14.9. The highest BCUT2D eigenvalue weighted by molar-refractivity contribution is 4.74. The Balaban J connectivity index is 1.80. The first-order valence-electron chi connectivity index (χ1n) is 5.78. The van der Waals surface area contributed by atoms with Crippen LogP contribution in [-0.2, 0) is 0 Å². The van der Waals surface area contributed by atoms with Gasteiger partial charge in [-0.3, -0.25) is 0 Å². The summed E-state index contributed by atoms with van der Waals surface area (Å²) in [6.07, 6.45) is 10.6. The minimum absolute atomic E-state index is 1.08. The number of hydrogen-bond acceptors (Lipinski definition) is 0. The van der Waals surface area contributed by atoms with E-state index in [0.717, 1.165) is 11.8 Å². The van der Waals surface area contributed by atoms with Crippen molar-refractivity contribution in [3.63, 3.8) is 0 Å². The van der Waals surface area contributed by atoms with Crippen molar-refractivity contribution in [2.45, 2.75) is 44.9 Å². The molecule has 1 saturated heterocycles. The van der Waals surface area contributed by atoms with E-state index in [1.54, 1.807) is 12.8 Å². The van der Waals surface area contributed by atoms with E-state index in [1.165, 1.54) is 45.2 Å². The molecule has 0 spiro atoms. The summed E-state index contributed by atoms with van der Waals surface area (Å²) in [6.45, 7) is 2.83. The molecule has 0 aromatic heterocycles. The summed E-state index contributed by atoms with van der Waals surface area (Å²) in [4.78, 5) is 0. The standard InChI is InChI=1S/C11H21N/c1-2-5-10(6-3-1)11-7-4-8-12-9-11/h10-12H,1-9H2/p+1/t11-/m1/s1. The highest BCUT2D eigenvalue weighted by Gasteiger charge is 2.26. The minimum Gasteiger partial charge on any atom is -0.346 e. The van der Waals surface area contributed by atoms with Crippen LogP contribution in [0.5, 0.6) is 0 Å². The molecule has 1 heteroatoms. The number of hydrogen-bond donors (Lipinski definition) is 1. The lowest BCUT2D eigenvalue weighted by Gasteiger charge is -2.31. The third kappa shape index (κ3) is 2.01. The van der Waals surface area contributed by atoms with Crippen LogP contribution in [0, 0.1) is 11.8 Å². The van der Waals surface area contributed by atoms with Gasteiger partial charge in [0.1, 0.15) is 0 Å². The van der Waals surface area contributed by atoms with E-state index < -0.39 is 0 Å². The van der Waals surface area contributed by atoms with Gasteiger partial charge in [0.25, 0.3) is 0 Å². The average molecular weight is 168 g/mol. The first kappa shape index (κ1) is 8.55. The van der Waals surface area contributed by atoms with Gasteiger partial charge in [-0.15, -0.1) is 0 Å². The quantitative estimate of drug-likeness (QED) is 0.611. The molecule has 0 radical (unpaired) electrons. The van der Waals surface area contributed by atoms with Gasteiger partial charge in [0, 0.05) is 5.92 Å². The predicted octanol–water partition coefficient (Wildman–Crippen LogP) is 1.54. The first-order valence-corrected chi connectivity index (χ1v) is 5.78. The summed E-state index contributed by atoms with van der Waals surface area (Å²) in [7, 11) is 0. The summed E-state index contributed by atoms with van der Waals surface area (Å²) in [5.41, 5.74) is 0. The van der Waals surface area contributed by atoms with E-state index in [9.17, 15) is 0 Å². The molecule has 12 heavy (non-hydrogen) atoms. The van der Waals surface area contributed by atoms with Crippen LogP contribution >= 0.6 is 0 Å². The Kier molecular flexibility index (Phi) is 3.04. The summed E-state index contributed by atoms with van der Waals surface area (Å²) >= 11 is 0. The zero-order valence-electron chi connectivity index (χ0n) is 8.10. The summed E-state index contributed by atoms with van der Waals surface area (Å²) in [5, 5.41) is 2.53. The Labute approximate surface area is 75.9 Å². The van der Waals surface area contributed by atoms with E-state index in [2.05, 4.69) is 5.32 Å². The Bertz CT molecular complexity index is 105.